The average molecular weight is 323 g/mol. The van der Waals surface area contributed by atoms with Crippen molar-refractivity contribution in [1.82, 2.24) is 0 Å². The number of allylic oxidation sites excluding steroid dienone is 8. The molecule has 2 saturated carbocycles. The van der Waals surface area contributed by atoms with Crippen molar-refractivity contribution in [1.29, 1.82) is 0 Å². The number of fused-ring (bicyclic) bond motifs is 3. The van der Waals surface area contributed by atoms with Gasteiger partial charge >= 0.3 is 0 Å². The van der Waals surface area contributed by atoms with Gasteiger partial charge in [-0.05, 0) is 69.3 Å². The van der Waals surface area contributed by atoms with Gasteiger partial charge in [0.1, 0.15) is 0 Å². The molecular formula is C22H30Si. The predicted octanol–water partition coefficient (Wildman–Crippen LogP) is 5.71. The third-order valence-corrected chi connectivity index (χ3v) is 9.13. The fourth-order valence-electron chi connectivity index (χ4n) is 6.21. The van der Waals surface area contributed by atoms with Gasteiger partial charge in [0.15, 0.2) is 0 Å². The van der Waals surface area contributed by atoms with Crippen LogP contribution in [0.5, 0.6) is 0 Å². The topological polar surface area (TPSA) is 0 Å². The fraction of sp³-hybridized carbons (Fsp3) is 0.591. The van der Waals surface area contributed by atoms with Crippen LogP contribution in [-0.4, -0.2) is 13.6 Å². The second-order valence-corrected chi connectivity index (χ2v) is 11.0. The Kier molecular flexibility index (Phi) is 3.75. The molecule has 4 unspecified atom stereocenters. The monoisotopic (exact) mass is 322 g/mol. The summed E-state index contributed by atoms with van der Waals surface area (Å²) in [7, 11) is -0.353. The van der Waals surface area contributed by atoms with E-state index in [1.165, 1.54) is 32.1 Å². The zero-order valence-corrected chi connectivity index (χ0v) is 16.2. The molecule has 122 valence electrons. The maximum Gasteiger partial charge on any atom is 0.0130 e. The Bertz CT molecular complexity index is 681. The molecule has 0 bridgehead atoms. The minimum Gasteiger partial charge on any atom is -0.0808 e. The van der Waals surface area contributed by atoms with Crippen LogP contribution < -0.4 is 0 Å². The molecule has 0 amide bonds. The predicted molar refractivity (Wildman–Crippen MR) is 103 cm³/mol. The van der Waals surface area contributed by atoms with Crippen molar-refractivity contribution in [2.24, 2.45) is 23.2 Å². The third-order valence-electron chi connectivity index (χ3n) is 7.23. The van der Waals surface area contributed by atoms with E-state index in [1.807, 2.05) is 10.7 Å². The molecule has 0 nitrogen and oxygen atoms in total. The summed E-state index contributed by atoms with van der Waals surface area (Å²) in [6.45, 7) is 9.81. The lowest BCUT2D eigenvalue weighted by atomic mass is 9.61. The van der Waals surface area contributed by atoms with Crippen molar-refractivity contribution in [3.63, 3.8) is 0 Å². The molecule has 4 atom stereocenters. The largest absolute Gasteiger partial charge is 0.0808 e. The molecule has 0 N–H and O–H groups in total. The van der Waals surface area contributed by atoms with Crippen LogP contribution in [0.25, 0.3) is 0 Å². The lowest BCUT2D eigenvalue weighted by Crippen LogP contribution is -2.44. The first-order valence-electron chi connectivity index (χ1n) is 9.45. The first kappa shape index (κ1) is 15.6. The quantitative estimate of drug-likeness (QED) is 0.542. The van der Waals surface area contributed by atoms with E-state index in [0.717, 1.165) is 17.8 Å². The van der Waals surface area contributed by atoms with Gasteiger partial charge in [-0.2, -0.15) is 0 Å². The van der Waals surface area contributed by atoms with Crippen molar-refractivity contribution in [3.8, 4) is 0 Å². The van der Waals surface area contributed by atoms with Crippen LogP contribution in [0.15, 0.2) is 47.1 Å². The first-order valence-corrected chi connectivity index (χ1v) is 11.9. The van der Waals surface area contributed by atoms with Gasteiger partial charge < -0.3 is 0 Å². The summed E-state index contributed by atoms with van der Waals surface area (Å²) in [5.41, 5.74) is 5.42. The van der Waals surface area contributed by atoms with Crippen molar-refractivity contribution in [2.75, 3.05) is 0 Å². The summed E-state index contributed by atoms with van der Waals surface area (Å²) in [6, 6.07) is 0. The highest BCUT2D eigenvalue weighted by Gasteiger charge is 2.57. The van der Waals surface area contributed by atoms with Gasteiger partial charge in [0.05, 0.1) is 0 Å². The Balaban J connectivity index is 1.91. The van der Waals surface area contributed by atoms with Crippen LogP contribution in [0.1, 0.15) is 46.0 Å². The minimum absolute atomic E-state index is 0.353. The van der Waals surface area contributed by atoms with E-state index in [1.54, 1.807) is 11.1 Å². The van der Waals surface area contributed by atoms with Crippen LogP contribution in [-0.2, 0) is 0 Å². The second kappa shape index (κ2) is 5.55. The molecule has 4 rings (SSSR count). The molecule has 0 spiro atoms. The number of hydrogen-bond donors (Lipinski definition) is 0. The molecule has 0 saturated heterocycles. The van der Waals surface area contributed by atoms with Crippen LogP contribution >= 0.6 is 0 Å². The van der Waals surface area contributed by atoms with E-state index in [4.69, 9.17) is 0 Å². The third kappa shape index (κ3) is 2.12. The zero-order chi connectivity index (χ0) is 16.2. The molecule has 0 aliphatic heterocycles. The van der Waals surface area contributed by atoms with E-state index < -0.39 is 0 Å². The van der Waals surface area contributed by atoms with Crippen molar-refractivity contribution in [3.05, 3.63) is 47.1 Å². The fourth-order valence-corrected chi connectivity index (χ4v) is 8.21. The molecule has 23 heavy (non-hydrogen) atoms. The molecule has 0 radical (unpaired) electrons. The Labute approximate surface area is 143 Å². The van der Waals surface area contributed by atoms with Crippen molar-refractivity contribution >= 4 is 13.6 Å². The van der Waals surface area contributed by atoms with E-state index in [0.29, 0.717) is 5.41 Å². The normalized spacial score (nSPS) is 38.7. The van der Waals surface area contributed by atoms with Gasteiger partial charge in [-0.25, -0.2) is 0 Å². The van der Waals surface area contributed by atoms with Crippen LogP contribution in [0.4, 0.5) is 0 Å². The van der Waals surface area contributed by atoms with Crippen molar-refractivity contribution < 1.29 is 0 Å². The highest BCUT2D eigenvalue weighted by Crippen LogP contribution is 2.63. The van der Waals surface area contributed by atoms with Crippen molar-refractivity contribution in [2.45, 2.75) is 59.0 Å². The Morgan fingerprint density at radius 1 is 1.13 bits per heavy atom. The van der Waals surface area contributed by atoms with Gasteiger partial charge in [-0.1, -0.05) is 59.8 Å². The van der Waals surface area contributed by atoms with Gasteiger partial charge in [0, 0.05) is 13.8 Å². The summed E-state index contributed by atoms with van der Waals surface area (Å²) in [5.74, 6) is 2.43. The second-order valence-electron chi connectivity index (χ2n) is 8.36. The zero-order valence-electron chi connectivity index (χ0n) is 15.2. The van der Waals surface area contributed by atoms with E-state index in [-0.39, 0.29) is 8.41 Å². The molecule has 0 heterocycles. The molecular weight excluding hydrogens is 292 g/mol. The number of rotatable bonds is 1. The summed E-state index contributed by atoms with van der Waals surface area (Å²) in [6.07, 6.45) is 19.1. The van der Waals surface area contributed by atoms with Gasteiger partial charge in [-0.15, -0.1) is 0 Å². The number of hydrogen-bond acceptors (Lipinski definition) is 0. The van der Waals surface area contributed by atoms with Gasteiger partial charge in [0.2, 0.25) is 0 Å². The SMILES string of the molecule is CC1=CCC(C23CC4C=CC=CC4C2CCCC3=[Si](C)C)=C1C. The van der Waals surface area contributed by atoms with E-state index >= 15 is 0 Å². The maximum atomic E-state index is 2.54. The summed E-state index contributed by atoms with van der Waals surface area (Å²) < 4.78 is 0. The van der Waals surface area contributed by atoms with Crippen LogP contribution in [0, 0.1) is 23.2 Å². The summed E-state index contributed by atoms with van der Waals surface area (Å²) in [5, 5.41) is 1.98. The summed E-state index contributed by atoms with van der Waals surface area (Å²) in [4.78, 5) is 0. The Hall–Kier alpha value is -0.953. The van der Waals surface area contributed by atoms with Crippen LogP contribution in [0.3, 0.4) is 0 Å². The maximum absolute atomic E-state index is 2.54. The highest BCUT2D eigenvalue weighted by molar-refractivity contribution is 6.70. The lowest BCUT2D eigenvalue weighted by molar-refractivity contribution is 0.269. The van der Waals surface area contributed by atoms with Gasteiger partial charge in [0.25, 0.3) is 0 Å². The molecule has 0 aromatic carbocycles. The average Bonchev–Trinajstić information content (AvgIpc) is 3.05. The first-order chi connectivity index (χ1) is 11.1. The minimum atomic E-state index is -0.353. The van der Waals surface area contributed by atoms with E-state index in [9.17, 15) is 0 Å². The smallest absolute Gasteiger partial charge is 0.0130 e. The molecule has 4 aliphatic carbocycles. The Morgan fingerprint density at radius 3 is 2.61 bits per heavy atom. The Morgan fingerprint density at radius 2 is 1.91 bits per heavy atom. The molecule has 0 aromatic rings. The molecule has 4 aliphatic rings. The van der Waals surface area contributed by atoms with Gasteiger partial charge in [-0.3, -0.25) is 0 Å². The lowest BCUT2D eigenvalue weighted by Gasteiger charge is -2.46. The highest BCUT2D eigenvalue weighted by atomic mass is 28.2. The molecule has 0 aromatic heterocycles. The standard InChI is InChI=1S/C22H30Si/c1-15-12-13-19(16(15)2)22-14-17-8-5-6-9-18(17)20(22)10-7-11-21(22)23(3)4/h5-6,8-9,12,17-18,20H,7,10-11,13-14H2,1-4H3. The van der Waals surface area contributed by atoms with E-state index in [2.05, 4.69) is 57.3 Å². The molecule has 2 fully saturated rings. The molecule has 1 heteroatoms. The summed E-state index contributed by atoms with van der Waals surface area (Å²) >= 11 is 0. The van der Waals surface area contributed by atoms with Crippen LogP contribution in [0.2, 0.25) is 13.1 Å².